The first kappa shape index (κ1) is 20.4. The zero-order chi connectivity index (χ0) is 21.1. The van der Waals surface area contributed by atoms with Crippen molar-refractivity contribution in [2.24, 2.45) is 0 Å². The third-order valence-corrected chi connectivity index (χ3v) is 4.57. The molecule has 1 saturated heterocycles. The number of benzene rings is 1. The Kier molecular flexibility index (Phi) is 5.88. The molecule has 0 spiro atoms. The summed E-state index contributed by atoms with van der Waals surface area (Å²) in [6.45, 7) is 3.08. The molecule has 1 unspecified atom stereocenters. The van der Waals surface area contributed by atoms with Crippen LogP contribution in [-0.2, 0) is 16.1 Å². The van der Waals surface area contributed by atoms with Crippen molar-refractivity contribution in [3.8, 4) is 5.75 Å². The minimum Gasteiger partial charge on any atom is -0.506 e. The highest BCUT2D eigenvalue weighted by Gasteiger charge is 2.42. The van der Waals surface area contributed by atoms with Crippen LogP contribution in [0, 0.1) is 11.6 Å². The number of aliphatic hydroxyl groups is 1. The summed E-state index contributed by atoms with van der Waals surface area (Å²) in [5, 5.41) is 18.6. The standard InChI is InChI=1S/C20H19F2N3O4/c1-12(6-7-26)18-20(29)25(19-16(22)8-15(27)9-23-19)11-17(28)24(18)10-13-2-4-14(21)5-3-13/h2-5,8-9,18,26-27H,1,6-7,10-11H2. The van der Waals surface area contributed by atoms with Crippen molar-refractivity contribution in [3.05, 3.63) is 65.9 Å². The van der Waals surface area contributed by atoms with Crippen molar-refractivity contribution in [3.63, 3.8) is 0 Å². The van der Waals surface area contributed by atoms with Crippen LogP contribution in [0.25, 0.3) is 0 Å². The Labute approximate surface area is 165 Å². The Bertz CT molecular complexity index is 949. The zero-order valence-corrected chi connectivity index (χ0v) is 15.4. The SMILES string of the molecule is C=C(CCO)C1C(=O)N(c2ncc(O)cc2F)CC(=O)N1Cc1ccc(F)cc1. The molecule has 7 nitrogen and oxygen atoms in total. The predicted octanol–water partition coefficient (Wildman–Crippen LogP) is 1.75. The normalized spacial score (nSPS) is 17.0. The Balaban J connectivity index is 1.96. The van der Waals surface area contributed by atoms with Gasteiger partial charge in [0.15, 0.2) is 11.6 Å². The lowest BCUT2D eigenvalue weighted by Crippen LogP contribution is -2.60. The van der Waals surface area contributed by atoms with Crippen LogP contribution in [0.1, 0.15) is 12.0 Å². The number of carbonyl (C=O) groups is 2. The minimum absolute atomic E-state index is 0.0132. The second kappa shape index (κ2) is 8.36. The monoisotopic (exact) mass is 403 g/mol. The summed E-state index contributed by atoms with van der Waals surface area (Å²) in [6, 6.07) is 5.11. The minimum atomic E-state index is -1.15. The molecule has 1 aliphatic rings. The Morgan fingerprint density at radius 3 is 2.55 bits per heavy atom. The number of anilines is 1. The van der Waals surface area contributed by atoms with E-state index < -0.39 is 41.8 Å². The lowest BCUT2D eigenvalue weighted by atomic mass is 9.99. The van der Waals surface area contributed by atoms with Crippen LogP contribution in [0.3, 0.4) is 0 Å². The number of aromatic hydroxyl groups is 1. The summed E-state index contributed by atoms with van der Waals surface area (Å²) in [7, 11) is 0. The number of aliphatic hydroxyl groups excluding tert-OH is 1. The molecule has 0 bridgehead atoms. The second-order valence-corrected chi connectivity index (χ2v) is 6.61. The summed E-state index contributed by atoms with van der Waals surface area (Å²) in [6.07, 6.45) is 1.03. The fourth-order valence-corrected chi connectivity index (χ4v) is 3.17. The molecule has 3 rings (SSSR count). The molecule has 2 amide bonds. The molecule has 0 saturated carbocycles. The molecule has 1 atom stereocenters. The number of piperazine rings is 1. The second-order valence-electron chi connectivity index (χ2n) is 6.61. The molecule has 1 aromatic heterocycles. The summed E-state index contributed by atoms with van der Waals surface area (Å²) in [4.78, 5) is 31.9. The van der Waals surface area contributed by atoms with Gasteiger partial charge < -0.3 is 15.1 Å². The molecule has 9 heteroatoms. The summed E-state index contributed by atoms with van der Waals surface area (Å²) >= 11 is 0. The number of hydrogen-bond acceptors (Lipinski definition) is 5. The van der Waals surface area contributed by atoms with Crippen LogP contribution < -0.4 is 4.90 Å². The average Bonchev–Trinajstić information content (AvgIpc) is 2.67. The van der Waals surface area contributed by atoms with E-state index in [0.29, 0.717) is 5.56 Å². The fourth-order valence-electron chi connectivity index (χ4n) is 3.17. The van der Waals surface area contributed by atoms with Crippen LogP contribution >= 0.6 is 0 Å². The Morgan fingerprint density at radius 2 is 1.93 bits per heavy atom. The topological polar surface area (TPSA) is 94.0 Å². The summed E-state index contributed by atoms with van der Waals surface area (Å²) in [5.74, 6) is -3.32. The van der Waals surface area contributed by atoms with Gasteiger partial charge in [0.1, 0.15) is 24.2 Å². The van der Waals surface area contributed by atoms with Gasteiger partial charge in [-0.1, -0.05) is 18.7 Å². The van der Waals surface area contributed by atoms with E-state index in [2.05, 4.69) is 11.6 Å². The van der Waals surface area contributed by atoms with Crippen LogP contribution in [0.4, 0.5) is 14.6 Å². The first-order valence-corrected chi connectivity index (χ1v) is 8.80. The first-order chi connectivity index (χ1) is 13.8. The van der Waals surface area contributed by atoms with Crippen molar-refractivity contribution in [2.45, 2.75) is 19.0 Å². The maximum absolute atomic E-state index is 14.3. The first-order valence-electron chi connectivity index (χ1n) is 8.80. The Hall–Kier alpha value is -3.33. The molecule has 29 heavy (non-hydrogen) atoms. The number of amides is 2. The molecule has 0 radical (unpaired) electrons. The molecular formula is C20H19F2N3O4. The highest BCUT2D eigenvalue weighted by atomic mass is 19.1. The molecular weight excluding hydrogens is 384 g/mol. The van der Waals surface area contributed by atoms with Crippen LogP contribution in [0.5, 0.6) is 5.75 Å². The molecule has 2 N–H and O–H groups in total. The van der Waals surface area contributed by atoms with Crippen molar-refractivity contribution in [1.82, 2.24) is 9.88 Å². The Morgan fingerprint density at radius 1 is 1.24 bits per heavy atom. The third kappa shape index (κ3) is 4.24. The number of pyridine rings is 1. The quantitative estimate of drug-likeness (QED) is 0.717. The number of hydrogen-bond donors (Lipinski definition) is 2. The van der Waals surface area contributed by atoms with E-state index in [1.807, 2.05) is 0 Å². The van der Waals surface area contributed by atoms with Gasteiger partial charge in [0, 0.05) is 19.2 Å². The van der Waals surface area contributed by atoms with E-state index in [0.717, 1.165) is 17.2 Å². The predicted molar refractivity (Wildman–Crippen MR) is 99.8 cm³/mol. The molecule has 2 heterocycles. The molecule has 0 aliphatic carbocycles. The number of rotatable bonds is 6. The van der Waals surface area contributed by atoms with Crippen molar-refractivity contribution in [2.75, 3.05) is 18.1 Å². The smallest absolute Gasteiger partial charge is 0.255 e. The maximum Gasteiger partial charge on any atom is 0.255 e. The maximum atomic E-state index is 14.3. The van der Waals surface area contributed by atoms with Crippen molar-refractivity contribution < 1.29 is 28.6 Å². The van der Waals surface area contributed by atoms with Gasteiger partial charge in [-0.15, -0.1) is 0 Å². The summed E-state index contributed by atoms with van der Waals surface area (Å²) < 4.78 is 27.4. The van der Waals surface area contributed by atoms with E-state index in [9.17, 15) is 28.6 Å². The van der Waals surface area contributed by atoms with E-state index >= 15 is 0 Å². The third-order valence-electron chi connectivity index (χ3n) is 4.57. The lowest BCUT2D eigenvalue weighted by Gasteiger charge is -2.40. The number of nitrogens with zero attached hydrogens (tertiary/aromatic N) is 3. The van der Waals surface area contributed by atoms with Crippen LogP contribution in [0.15, 0.2) is 48.7 Å². The van der Waals surface area contributed by atoms with E-state index in [-0.39, 0.29) is 31.0 Å². The number of aromatic nitrogens is 1. The molecule has 1 aliphatic heterocycles. The van der Waals surface area contributed by atoms with Gasteiger partial charge in [-0.25, -0.2) is 13.8 Å². The van der Waals surface area contributed by atoms with Gasteiger partial charge in [0.05, 0.1) is 6.20 Å². The highest BCUT2D eigenvalue weighted by molar-refractivity contribution is 6.07. The van der Waals surface area contributed by atoms with Gasteiger partial charge in [-0.3, -0.25) is 14.5 Å². The number of halogens is 2. The van der Waals surface area contributed by atoms with E-state index in [4.69, 9.17) is 0 Å². The fraction of sp³-hybridized carbons (Fsp3) is 0.250. The van der Waals surface area contributed by atoms with Crippen LogP contribution in [0.2, 0.25) is 0 Å². The van der Waals surface area contributed by atoms with E-state index in [1.54, 1.807) is 0 Å². The molecule has 2 aromatic rings. The van der Waals surface area contributed by atoms with E-state index in [1.165, 1.54) is 29.2 Å². The van der Waals surface area contributed by atoms with Crippen LogP contribution in [-0.4, -0.2) is 51.1 Å². The van der Waals surface area contributed by atoms with Gasteiger partial charge in [-0.05, 0) is 29.7 Å². The van der Waals surface area contributed by atoms with Crippen molar-refractivity contribution >= 4 is 17.6 Å². The summed E-state index contributed by atoms with van der Waals surface area (Å²) in [5.41, 5.74) is 0.869. The molecule has 1 fully saturated rings. The lowest BCUT2D eigenvalue weighted by molar-refractivity contribution is -0.142. The average molecular weight is 403 g/mol. The van der Waals surface area contributed by atoms with Gasteiger partial charge in [0.25, 0.3) is 5.91 Å². The number of carbonyl (C=O) groups excluding carboxylic acids is 2. The van der Waals surface area contributed by atoms with Gasteiger partial charge in [0.2, 0.25) is 5.91 Å². The largest absolute Gasteiger partial charge is 0.506 e. The molecule has 1 aromatic carbocycles. The zero-order valence-electron chi connectivity index (χ0n) is 15.4. The van der Waals surface area contributed by atoms with Gasteiger partial charge >= 0.3 is 0 Å². The highest BCUT2D eigenvalue weighted by Crippen LogP contribution is 2.28. The van der Waals surface area contributed by atoms with Gasteiger partial charge in [-0.2, -0.15) is 0 Å². The molecule has 152 valence electrons. The van der Waals surface area contributed by atoms with Crippen molar-refractivity contribution in [1.29, 1.82) is 0 Å².